The minimum atomic E-state index is -0.685. The Kier molecular flexibility index (Phi) is 5.26. The summed E-state index contributed by atoms with van der Waals surface area (Å²) >= 11 is 0. The van der Waals surface area contributed by atoms with Gasteiger partial charge in [-0.25, -0.2) is 0 Å². The van der Waals surface area contributed by atoms with Gasteiger partial charge in [-0.1, -0.05) is 5.16 Å². The van der Waals surface area contributed by atoms with Gasteiger partial charge in [-0.2, -0.15) is 10.2 Å². The van der Waals surface area contributed by atoms with Gasteiger partial charge in [-0.3, -0.25) is 9.69 Å². The van der Waals surface area contributed by atoms with E-state index in [1.807, 2.05) is 0 Å². The number of hydrogen-bond acceptors (Lipinski definition) is 7. The fourth-order valence-electron chi connectivity index (χ4n) is 2.93. The second-order valence-electron chi connectivity index (χ2n) is 5.85. The number of aromatic nitrogens is 2. The van der Waals surface area contributed by atoms with Gasteiger partial charge in [0.05, 0.1) is 24.3 Å². The molecule has 1 saturated heterocycles. The van der Waals surface area contributed by atoms with Gasteiger partial charge in [-0.15, -0.1) is 0 Å². The molecule has 1 amide bonds. The number of carbonyl (C=O) groups excluding carboxylic acids is 1. The fourth-order valence-corrected chi connectivity index (χ4v) is 2.93. The molecule has 0 aliphatic carbocycles. The molecule has 0 spiro atoms. The van der Waals surface area contributed by atoms with Crippen LogP contribution in [0, 0.1) is 11.3 Å². The van der Waals surface area contributed by atoms with Crippen LogP contribution in [0.2, 0.25) is 0 Å². The van der Waals surface area contributed by atoms with Crippen molar-refractivity contribution in [1.29, 1.82) is 5.26 Å². The largest absolute Gasteiger partial charge is 0.494 e. The van der Waals surface area contributed by atoms with Crippen molar-refractivity contribution in [3.8, 4) is 11.8 Å². The average molecular weight is 341 g/mol. The maximum absolute atomic E-state index is 11.1. The molecule has 2 aromatic rings. The molecule has 130 valence electrons. The molecule has 8 nitrogen and oxygen atoms in total. The number of amides is 1. The third-order valence-corrected chi connectivity index (χ3v) is 4.15. The molecular weight excluding hydrogens is 322 g/mol. The first-order chi connectivity index (χ1) is 12.2. The fraction of sp³-hybridized carbons (Fsp3) is 0.412. The Balaban J connectivity index is 1.48. The molecule has 3 rings (SSSR count). The molecule has 0 unspecified atom stereocenters. The van der Waals surface area contributed by atoms with Crippen LogP contribution in [0.4, 0.5) is 0 Å². The summed E-state index contributed by atoms with van der Waals surface area (Å²) in [6.45, 7) is 2.34. The van der Waals surface area contributed by atoms with Crippen molar-refractivity contribution in [2.24, 2.45) is 5.73 Å². The summed E-state index contributed by atoms with van der Waals surface area (Å²) in [4.78, 5) is 17.4. The first-order valence-corrected chi connectivity index (χ1v) is 8.18. The summed E-state index contributed by atoms with van der Waals surface area (Å²) in [5.41, 5.74) is 5.77. The third kappa shape index (κ3) is 4.14. The lowest BCUT2D eigenvalue weighted by molar-refractivity contribution is 0.0987. The number of primary amides is 1. The number of rotatable bonds is 7. The SMILES string of the molecule is N#Cc1ccc(OCCCN2CCC[C@H]2c2nc(C(N)=O)no2)cc1. The summed E-state index contributed by atoms with van der Waals surface area (Å²) in [5, 5.41) is 12.4. The summed E-state index contributed by atoms with van der Waals surface area (Å²) in [5.74, 6) is 0.431. The second-order valence-corrected chi connectivity index (χ2v) is 5.85. The Hall–Kier alpha value is -2.92. The molecule has 8 heteroatoms. The molecule has 0 radical (unpaired) electrons. The number of nitrogens with zero attached hydrogens (tertiary/aromatic N) is 4. The lowest BCUT2D eigenvalue weighted by Crippen LogP contribution is -2.26. The Morgan fingerprint density at radius 1 is 1.44 bits per heavy atom. The highest BCUT2D eigenvalue weighted by Gasteiger charge is 2.30. The number of ether oxygens (including phenoxy) is 1. The van der Waals surface area contributed by atoms with Crippen LogP contribution in [-0.4, -0.2) is 40.6 Å². The molecule has 25 heavy (non-hydrogen) atoms. The third-order valence-electron chi connectivity index (χ3n) is 4.15. The van der Waals surface area contributed by atoms with E-state index in [1.165, 1.54) is 0 Å². The quantitative estimate of drug-likeness (QED) is 0.760. The maximum atomic E-state index is 11.1. The number of carbonyl (C=O) groups is 1. The maximum Gasteiger partial charge on any atom is 0.290 e. The van der Waals surface area contributed by atoms with Gasteiger partial charge in [0.15, 0.2) is 0 Å². The molecule has 1 aliphatic heterocycles. The lowest BCUT2D eigenvalue weighted by Gasteiger charge is -2.21. The number of nitrogens with two attached hydrogens (primary N) is 1. The highest BCUT2D eigenvalue weighted by molar-refractivity contribution is 5.88. The van der Waals surface area contributed by atoms with Crippen LogP contribution in [0.25, 0.3) is 0 Å². The van der Waals surface area contributed by atoms with Crippen LogP contribution in [0.5, 0.6) is 5.75 Å². The van der Waals surface area contributed by atoms with E-state index in [-0.39, 0.29) is 11.9 Å². The Labute approximate surface area is 145 Å². The molecule has 2 N–H and O–H groups in total. The summed E-state index contributed by atoms with van der Waals surface area (Å²) in [6.07, 6.45) is 2.79. The smallest absolute Gasteiger partial charge is 0.290 e. The highest BCUT2D eigenvalue weighted by atomic mass is 16.5. The van der Waals surface area contributed by atoms with Crippen LogP contribution in [0.15, 0.2) is 28.8 Å². The monoisotopic (exact) mass is 341 g/mol. The second kappa shape index (κ2) is 7.77. The normalized spacial score (nSPS) is 17.3. The number of likely N-dealkylation sites (tertiary alicyclic amines) is 1. The highest BCUT2D eigenvalue weighted by Crippen LogP contribution is 2.30. The zero-order valence-corrected chi connectivity index (χ0v) is 13.7. The molecule has 1 aromatic carbocycles. The van der Waals surface area contributed by atoms with E-state index < -0.39 is 5.91 Å². The van der Waals surface area contributed by atoms with E-state index in [0.29, 0.717) is 18.1 Å². The average Bonchev–Trinajstić information content (AvgIpc) is 3.28. The first kappa shape index (κ1) is 16.9. The Morgan fingerprint density at radius 2 is 2.24 bits per heavy atom. The first-order valence-electron chi connectivity index (χ1n) is 8.18. The molecule has 0 saturated carbocycles. The standard InChI is InChI=1S/C17H19N5O3/c18-11-12-4-6-13(7-5-12)24-10-2-9-22-8-1-3-14(22)17-20-16(15(19)23)21-25-17/h4-7,14H,1-3,8-10H2,(H2,19,23)/t14-/m0/s1. The van der Waals surface area contributed by atoms with Crippen molar-refractivity contribution in [2.75, 3.05) is 19.7 Å². The van der Waals surface area contributed by atoms with E-state index >= 15 is 0 Å². The summed E-state index contributed by atoms with van der Waals surface area (Å²) in [7, 11) is 0. The predicted octanol–water partition coefficient (Wildman–Crippen LogP) is 1.65. The minimum Gasteiger partial charge on any atom is -0.494 e. The van der Waals surface area contributed by atoms with Crippen LogP contribution in [0.3, 0.4) is 0 Å². The Morgan fingerprint density at radius 3 is 2.92 bits per heavy atom. The van der Waals surface area contributed by atoms with E-state index in [0.717, 1.165) is 38.1 Å². The van der Waals surface area contributed by atoms with Crippen molar-refractivity contribution in [3.63, 3.8) is 0 Å². The van der Waals surface area contributed by atoms with Gasteiger partial charge < -0.3 is 15.0 Å². The van der Waals surface area contributed by atoms with Gasteiger partial charge in [0, 0.05) is 6.54 Å². The van der Waals surface area contributed by atoms with Crippen molar-refractivity contribution in [2.45, 2.75) is 25.3 Å². The topological polar surface area (TPSA) is 118 Å². The van der Waals surface area contributed by atoms with Crippen molar-refractivity contribution in [1.82, 2.24) is 15.0 Å². The van der Waals surface area contributed by atoms with Crippen LogP contribution in [-0.2, 0) is 0 Å². The molecule has 1 aliphatic rings. The van der Waals surface area contributed by atoms with Crippen LogP contribution >= 0.6 is 0 Å². The zero-order chi connectivity index (χ0) is 17.6. The lowest BCUT2D eigenvalue weighted by atomic mass is 10.2. The van der Waals surface area contributed by atoms with Crippen molar-refractivity contribution in [3.05, 3.63) is 41.5 Å². The van der Waals surface area contributed by atoms with E-state index in [4.69, 9.17) is 20.3 Å². The van der Waals surface area contributed by atoms with Gasteiger partial charge >= 0.3 is 0 Å². The van der Waals surface area contributed by atoms with Gasteiger partial charge in [0.1, 0.15) is 5.75 Å². The number of hydrogen-bond donors (Lipinski definition) is 1. The predicted molar refractivity (Wildman–Crippen MR) is 87.6 cm³/mol. The van der Waals surface area contributed by atoms with E-state index in [9.17, 15) is 4.79 Å². The van der Waals surface area contributed by atoms with Crippen LogP contribution < -0.4 is 10.5 Å². The molecule has 0 bridgehead atoms. The molecular formula is C17H19N5O3. The summed E-state index contributed by atoms with van der Waals surface area (Å²) < 4.78 is 10.9. The molecule has 1 atom stereocenters. The van der Waals surface area contributed by atoms with Gasteiger partial charge in [0.25, 0.3) is 11.7 Å². The number of nitriles is 1. The van der Waals surface area contributed by atoms with Crippen LogP contribution in [0.1, 0.15) is 47.4 Å². The van der Waals surface area contributed by atoms with Crippen molar-refractivity contribution < 1.29 is 14.1 Å². The zero-order valence-electron chi connectivity index (χ0n) is 13.7. The minimum absolute atomic E-state index is 0.0236. The molecule has 1 aromatic heterocycles. The van der Waals surface area contributed by atoms with E-state index in [1.54, 1.807) is 24.3 Å². The van der Waals surface area contributed by atoms with Crippen molar-refractivity contribution >= 4 is 5.91 Å². The van der Waals surface area contributed by atoms with Gasteiger partial charge in [-0.05, 0) is 50.1 Å². The Bertz CT molecular complexity index is 765. The molecule has 1 fully saturated rings. The van der Waals surface area contributed by atoms with Gasteiger partial charge in [0.2, 0.25) is 5.89 Å². The molecule has 2 heterocycles. The van der Waals surface area contributed by atoms with E-state index in [2.05, 4.69) is 21.1 Å². The number of benzene rings is 1. The summed E-state index contributed by atoms with van der Waals surface area (Å²) in [6, 6.07) is 9.15.